The van der Waals surface area contributed by atoms with Crippen molar-refractivity contribution in [2.45, 2.75) is 37.5 Å². The predicted octanol–water partition coefficient (Wildman–Crippen LogP) is 8.57. The number of fused-ring (bicyclic) bond motifs is 2. The molecule has 4 atom stereocenters. The lowest BCUT2D eigenvalue weighted by Crippen LogP contribution is -2.34. The summed E-state index contributed by atoms with van der Waals surface area (Å²) in [5.74, 6) is 0.114. The number of hydrogen-bond acceptors (Lipinski definition) is 10. The predicted molar refractivity (Wildman–Crippen MR) is 200 cm³/mol. The van der Waals surface area contributed by atoms with E-state index >= 15 is 0 Å². The quantitative estimate of drug-likeness (QED) is 0.0588. The van der Waals surface area contributed by atoms with Gasteiger partial charge < -0.3 is 18.9 Å². The Morgan fingerprint density at radius 3 is 1.40 bits per heavy atom. The summed E-state index contributed by atoms with van der Waals surface area (Å²) in [6.45, 7) is 0. The number of rotatable bonds is 16. The van der Waals surface area contributed by atoms with Crippen LogP contribution in [0.5, 0.6) is 11.5 Å². The topological polar surface area (TPSA) is 95.1 Å². The number of carbonyl (C=O) groups excluding carboxylic acids is 2. The summed E-state index contributed by atoms with van der Waals surface area (Å²) in [4.78, 5) is 27.8. The molecular formula is C40H38N2O6S2. The number of benzene rings is 4. The van der Waals surface area contributed by atoms with Crippen LogP contribution in [-0.4, -0.2) is 38.5 Å². The second-order valence-electron chi connectivity index (χ2n) is 11.4. The van der Waals surface area contributed by atoms with E-state index in [-0.39, 0.29) is 12.2 Å². The first kappa shape index (κ1) is 34.8. The van der Waals surface area contributed by atoms with E-state index in [9.17, 15) is 9.59 Å². The van der Waals surface area contributed by atoms with Crippen molar-refractivity contribution in [2.75, 3.05) is 14.1 Å². The monoisotopic (exact) mass is 706 g/mol. The van der Waals surface area contributed by atoms with Crippen LogP contribution in [0.4, 0.5) is 0 Å². The van der Waals surface area contributed by atoms with E-state index in [2.05, 4.69) is 10.6 Å². The van der Waals surface area contributed by atoms with Crippen molar-refractivity contribution in [1.82, 2.24) is 10.6 Å². The maximum absolute atomic E-state index is 12.9. The molecule has 0 aliphatic carbocycles. The van der Waals surface area contributed by atoms with Crippen molar-refractivity contribution >= 4 is 56.2 Å². The highest BCUT2D eigenvalue weighted by atomic mass is 32.1. The normalized spacial score (nSPS) is 13.9. The molecule has 0 aliphatic heterocycles. The summed E-state index contributed by atoms with van der Waals surface area (Å²) in [6, 6.07) is 35.9. The number of nitrogens with one attached hydrogen (secondary N) is 2. The van der Waals surface area contributed by atoms with Crippen LogP contribution in [0.15, 0.2) is 132 Å². The molecule has 2 aromatic heterocycles. The van der Waals surface area contributed by atoms with Gasteiger partial charge >= 0.3 is 11.9 Å². The molecule has 0 aliphatic rings. The number of carbonyl (C=O) groups is 2. The van der Waals surface area contributed by atoms with Gasteiger partial charge in [-0.15, -0.1) is 22.7 Å². The lowest BCUT2D eigenvalue weighted by atomic mass is 10.1. The summed E-state index contributed by atoms with van der Waals surface area (Å²) in [7, 11) is 3.42. The molecule has 4 unspecified atom stereocenters. The summed E-state index contributed by atoms with van der Waals surface area (Å²) in [5, 5.41) is 14.2. The van der Waals surface area contributed by atoms with Gasteiger partial charge in [0.2, 0.25) is 0 Å². The molecule has 0 fully saturated rings. The molecule has 0 spiro atoms. The van der Waals surface area contributed by atoms with E-state index in [0.717, 1.165) is 55.0 Å². The molecule has 6 rings (SSSR count). The SMILES string of the molecule is CNC(CC(Oc1cccc2ccccc12)c1cccs1)OC(=O)/C=C/C(=O)OC(CC(Oc1cccc2ccccc12)c1cccs1)NC. The maximum atomic E-state index is 12.9. The summed E-state index contributed by atoms with van der Waals surface area (Å²) in [5.41, 5.74) is 0. The van der Waals surface area contributed by atoms with Crippen LogP contribution in [-0.2, 0) is 19.1 Å². The van der Waals surface area contributed by atoms with Gasteiger partial charge in [-0.25, -0.2) is 9.59 Å². The first-order chi connectivity index (χ1) is 24.5. The molecule has 0 bridgehead atoms. The maximum Gasteiger partial charge on any atom is 0.332 e. The van der Waals surface area contributed by atoms with Gasteiger partial charge in [-0.1, -0.05) is 84.9 Å². The highest BCUT2D eigenvalue weighted by Crippen LogP contribution is 2.35. The Hall–Kier alpha value is -5.00. The Kier molecular flexibility index (Phi) is 11.9. The van der Waals surface area contributed by atoms with Crippen molar-refractivity contribution in [2.24, 2.45) is 0 Å². The first-order valence-corrected chi connectivity index (χ1v) is 18.1. The van der Waals surface area contributed by atoms with Gasteiger partial charge in [-0.3, -0.25) is 10.6 Å². The fraction of sp³-hybridized carbons (Fsp3) is 0.200. The van der Waals surface area contributed by atoms with Crippen molar-refractivity contribution < 1.29 is 28.5 Å². The van der Waals surface area contributed by atoms with Crippen LogP contribution in [0.3, 0.4) is 0 Å². The highest BCUT2D eigenvalue weighted by Gasteiger charge is 2.25. The third-order valence-electron chi connectivity index (χ3n) is 8.13. The molecule has 0 amide bonds. The standard InChI is InChI=1S/C40H38N2O6S2/c1-41-37(25-33(35-19-9-23-49-35)45-31-17-7-13-27-11-3-5-15-29(27)31)47-39(43)21-22-40(44)48-38(42-2)26-34(36-20-10-24-50-36)46-32-18-8-14-28-12-4-6-16-30(28)32/h3-24,33-34,37-38,41-42H,25-26H2,1-2H3/b22-21+. The van der Waals surface area contributed by atoms with E-state index in [1.54, 1.807) is 36.8 Å². The number of esters is 2. The van der Waals surface area contributed by atoms with E-state index in [0.29, 0.717) is 12.8 Å². The average Bonchev–Trinajstić information content (AvgIpc) is 3.89. The zero-order valence-corrected chi connectivity index (χ0v) is 29.3. The van der Waals surface area contributed by atoms with Gasteiger partial charge in [0.25, 0.3) is 0 Å². The molecule has 0 saturated carbocycles. The van der Waals surface area contributed by atoms with Gasteiger partial charge in [0.1, 0.15) is 23.7 Å². The Bertz CT molecular complexity index is 1870. The van der Waals surface area contributed by atoms with Crippen LogP contribution in [0.2, 0.25) is 0 Å². The van der Waals surface area contributed by atoms with E-state index in [1.807, 2.05) is 120 Å². The van der Waals surface area contributed by atoms with Gasteiger partial charge in [0, 0.05) is 45.5 Å². The minimum Gasteiger partial charge on any atom is -0.484 e. The number of hydrogen-bond donors (Lipinski definition) is 2. The fourth-order valence-corrected chi connectivity index (χ4v) is 7.17. The average molecular weight is 707 g/mol. The van der Waals surface area contributed by atoms with Gasteiger partial charge in [0.05, 0.1) is 0 Å². The van der Waals surface area contributed by atoms with Crippen LogP contribution >= 0.6 is 22.7 Å². The second-order valence-corrected chi connectivity index (χ2v) is 13.4. The van der Waals surface area contributed by atoms with Crippen molar-refractivity contribution in [3.8, 4) is 11.5 Å². The zero-order chi connectivity index (χ0) is 34.7. The molecule has 50 heavy (non-hydrogen) atoms. The Morgan fingerprint density at radius 1 is 0.580 bits per heavy atom. The van der Waals surface area contributed by atoms with E-state index in [1.165, 1.54) is 0 Å². The van der Waals surface area contributed by atoms with Crippen LogP contribution < -0.4 is 20.1 Å². The fourth-order valence-electron chi connectivity index (χ4n) is 5.63. The van der Waals surface area contributed by atoms with Crippen molar-refractivity contribution in [3.63, 3.8) is 0 Å². The van der Waals surface area contributed by atoms with Crippen LogP contribution in [0, 0.1) is 0 Å². The number of thiophene rings is 2. The molecule has 10 heteroatoms. The lowest BCUT2D eigenvalue weighted by Gasteiger charge is -2.24. The van der Waals surface area contributed by atoms with Crippen LogP contribution in [0.25, 0.3) is 21.5 Å². The van der Waals surface area contributed by atoms with Gasteiger partial charge in [-0.05, 0) is 59.9 Å². The van der Waals surface area contributed by atoms with Crippen molar-refractivity contribution in [3.05, 3.63) is 142 Å². The zero-order valence-electron chi connectivity index (χ0n) is 27.7. The molecule has 2 N–H and O–H groups in total. The highest BCUT2D eigenvalue weighted by molar-refractivity contribution is 7.10. The van der Waals surface area contributed by atoms with Gasteiger partial charge in [-0.2, -0.15) is 0 Å². The summed E-state index contributed by atoms with van der Waals surface area (Å²) in [6.07, 6.45) is 0.691. The van der Waals surface area contributed by atoms with Crippen molar-refractivity contribution in [1.29, 1.82) is 0 Å². The largest absolute Gasteiger partial charge is 0.484 e. The Balaban J connectivity index is 1.07. The third-order valence-corrected chi connectivity index (χ3v) is 10.1. The molecule has 6 aromatic rings. The Morgan fingerprint density at radius 2 is 1.00 bits per heavy atom. The first-order valence-electron chi connectivity index (χ1n) is 16.3. The Labute approximate surface area is 299 Å². The molecule has 4 aromatic carbocycles. The van der Waals surface area contributed by atoms with Crippen LogP contribution in [0.1, 0.15) is 34.8 Å². The second kappa shape index (κ2) is 17.1. The minimum atomic E-state index is -0.687. The lowest BCUT2D eigenvalue weighted by molar-refractivity contribution is -0.148. The summed E-state index contributed by atoms with van der Waals surface area (Å²) >= 11 is 3.14. The molecule has 256 valence electrons. The molecule has 8 nitrogen and oxygen atoms in total. The summed E-state index contributed by atoms with van der Waals surface area (Å²) < 4.78 is 24.4. The molecular weight excluding hydrogens is 669 g/mol. The molecule has 2 heterocycles. The smallest absolute Gasteiger partial charge is 0.332 e. The molecule has 0 saturated heterocycles. The van der Waals surface area contributed by atoms with E-state index in [4.69, 9.17) is 18.9 Å². The van der Waals surface area contributed by atoms with Gasteiger partial charge in [0.15, 0.2) is 12.5 Å². The minimum absolute atomic E-state index is 0.340. The van der Waals surface area contributed by atoms with E-state index < -0.39 is 24.4 Å². The molecule has 0 radical (unpaired) electrons. The third kappa shape index (κ3) is 8.96. The number of ether oxygens (including phenoxy) is 4.